The Morgan fingerprint density at radius 3 is 2.47 bits per heavy atom. The number of hydrogen-bond acceptors (Lipinski definition) is 6. The number of nitrogens with zero attached hydrogens (tertiary/aromatic N) is 2. The molecule has 0 bridgehead atoms. The first-order chi connectivity index (χ1) is 16.7. The van der Waals surface area contributed by atoms with Crippen LogP contribution >= 0.6 is 23.5 Å². The summed E-state index contributed by atoms with van der Waals surface area (Å²) in [5, 5.41) is 25.0. The number of anilines is 2. The van der Waals surface area contributed by atoms with Gasteiger partial charge in [-0.1, -0.05) is 59.9 Å². The SMILES string of the molecule is CCOc1ccc(C2C(C#N)=C3Sc4ccccc4N3C(=N)/C2=C2/Nc3ccccc3S2)cc1. The highest BCUT2D eigenvalue weighted by Gasteiger charge is 2.44. The molecule has 0 amide bonds. The maximum absolute atomic E-state index is 10.4. The predicted molar refractivity (Wildman–Crippen MR) is 138 cm³/mol. The first-order valence-corrected chi connectivity index (χ1v) is 12.6. The molecule has 0 spiro atoms. The Balaban J connectivity index is 1.56. The van der Waals surface area contributed by atoms with Crippen LogP contribution < -0.4 is 15.0 Å². The summed E-state index contributed by atoms with van der Waals surface area (Å²) in [6, 6.07) is 26.6. The number of thioether (sulfide) groups is 2. The maximum Gasteiger partial charge on any atom is 0.137 e. The average Bonchev–Trinajstić information content (AvgIpc) is 3.46. The molecule has 3 heterocycles. The highest BCUT2D eigenvalue weighted by Crippen LogP contribution is 2.56. The van der Waals surface area contributed by atoms with Crippen LogP contribution in [0.4, 0.5) is 11.4 Å². The zero-order valence-corrected chi connectivity index (χ0v) is 20.0. The van der Waals surface area contributed by atoms with Gasteiger partial charge in [0, 0.05) is 15.4 Å². The molecule has 5 nitrogen and oxygen atoms in total. The van der Waals surface area contributed by atoms with Gasteiger partial charge in [0.25, 0.3) is 0 Å². The lowest BCUT2D eigenvalue weighted by molar-refractivity contribution is 0.340. The number of ether oxygens (including phenoxy) is 1. The van der Waals surface area contributed by atoms with E-state index in [1.165, 1.54) is 0 Å². The third-order valence-electron chi connectivity index (χ3n) is 6.04. The van der Waals surface area contributed by atoms with Gasteiger partial charge in [-0.25, -0.2) is 0 Å². The van der Waals surface area contributed by atoms with Gasteiger partial charge in [-0.05, 0) is 48.9 Å². The van der Waals surface area contributed by atoms with Crippen LogP contribution in [0.5, 0.6) is 5.75 Å². The number of fused-ring (bicyclic) bond motifs is 4. The van der Waals surface area contributed by atoms with Crippen molar-refractivity contribution >= 4 is 40.7 Å². The summed E-state index contributed by atoms with van der Waals surface area (Å²) < 4.78 is 5.64. The van der Waals surface area contributed by atoms with Gasteiger partial charge in [0.2, 0.25) is 0 Å². The van der Waals surface area contributed by atoms with Crippen LogP contribution in [-0.2, 0) is 0 Å². The van der Waals surface area contributed by atoms with Crippen molar-refractivity contribution in [2.45, 2.75) is 22.6 Å². The summed E-state index contributed by atoms with van der Waals surface area (Å²) in [5.41, 5.74) is 4.40. The van der Waals surface area contributed by atoms with Gasteiger partial charge < -0.3 is 10.1 Å². The van der Waals surface area contributed by atoms with Crippen molar-refractivity contribution in [3.63, 3.8) is 0 Å². The van der Waals surface area contributed by atoms with Gasteiger partial charge in [0.15, 0.2) is 0 Å². The van der Waals surface area contributed by atoms with Gasteiger partial charge in [-0.2, -0.15) is 5.26 Å². The molecular weight excluding hydrogens is 460 g/mol. The van der Waals surface area contributed by atoms with E-state index in [2.05, 4.69) is 17.5 Å². The highest BCUT2D eigenvalue weighted by atomic mass is 32.2. The minimum absolute atomic E-state index is 0.356. The lowest BCUT2D eigenvalue weighted by atomic mass is 9.82. The summed E-state index contributed by atoms with van der Waals surface area (Å²) in [6.45, 7) is 2.56. The van der Waals surface area contributed by atoms with Crippen LogP contribution in [0, 0.1) is 16.7 Å². The zero-order chi connectivity index (χ0) is 23.2. The maximum atomic E-state index is 10.4. The first-order valence-electron chi connectivity index (χ1n) is 11.0. The largest absolute Gasteiger partial charge is 0.494 e. The molecule has 1 atom stereocenters. The Morgan fingerprint density at radius 2 is 1.74 bits per heavy atom. The van der Waals surface area contributed by atoms with E-state index in [0.717, 1.165) is 48.1 Å². The Hall–Kier alpha value is -3.60. The first kappa shape index (κ1) is 21.0. The molecule has 34 heavy (non-hydrogen) atoms. The second-order valence-electron chi connectivity index (χ2n) is 7.99. The standard InChI is InChI=1S/C27H20N4OS2/c1-2-32-17-13-11-16(12-14-17)23-18(15-28)27-31(20-8-4-6-10-22(20)34-27)25(29)24(23)26-30-19-7-3-5-9-21(19)33-26/h3-14,23,29-30H,2H2,1H3/b26-24-,29-25?. The fourth-order valence-corrected chi connectivity index (χ4v) is 6.81. The number of nitriles is 1. The van der Waals surface area contributed by atoms with E-state index in [4.69, 9.17) is 4.74 Å². The van der Waals surface area contributed by atoms with Crippen molar-refractivity contribution in [3.8, 4) is 11.8 Å². The summed E-state index contributed by atoms with van der Waals surface area (Å²) in [5.74, 6) is 0.834. The van der Waals surface area contributed by atoms with Gasteiger partial charge >= 0.3 is 0 Å². The molecule has 0 aromatic heterocycles. The normalized spacial score (nSPS) is 20.4. The summed E-state index contributed by atoms with van der Waals surface area (Å²) in [6.07, 6.45) is 0. The fraction of sp³-hybridized carbons (Fsp3) is 0.111. The topological polar surface area (TPSA) is 72.1 Å². The number of allylic oxidation sites excluding steroid dienone is 1. The van der Waals surface area contributed by atoms with E-state index in [-0.39, 0.29) is 5.92 Å². The van der Waals surface area contributed by atoms with E-state index in [0.29, 0.717) is 18.0 Å². The lowest BCUT2D eigenvalue weighted by Crippen LogP contribution is -2.37. The molecule has 3 aromatic rings. The number of para-hydroxylation sites is 2. The molecular formula is C27H20N4OS2. The zero-order valence-electron chi connectivity index (χ0n) is 18.3. The summed E-state index contributed by atoms with van der Waals surface area (Å²) in [7, 11) is 0. The summed E-state index contributed by atoms with van der Waals surface area (Å²) in [4.78, 5) is 4.10. The van der Waals surface area contributed by atoms with E-state index in [1.54, 1.807) is 23.5 Å². The van der Waals surface area contributed by atoms with Crippen molar-refractivity contribution in [3.05, 3.63) is 99.6 Å². The fourth-order valence-electron chi connectivity index (χ4n) is 4.56. The van der Waals surface area contributed by atoms with Crippen LogP contribution in [0.2, 0.25) is 0 Å². The van der Waals surface area contributed by atoms with Crippen LogP contribution in [0.15, 0.2) is 104 Å². The van der Waals surface area contributed by atoms with Gasteiger partial charge in [0.05, 0.1) is 40.6 Å². The van der Waals surface area contributed by atoms with Gasteiger partial charge in [0.1, 0.15) is 16.6 Å². The molecule has 1 unspecified atom stereocenters. The Morgan fingerprint density at radius 1 is 1.00 bits per heavy atom. The van der Waals surface area contributed by atoms with Crippen molar-refractivity contribution < 1.29 is 4.74 Å². The third kappa shape index (κ3) is 3.22. The van der Waals surface area contributed by atoms with Crippen LogP contribution in [0.25, 0.3) is 0 Å². The Labute approximate surface area is 206 Å². The monoisotopic (exact) mass is 480 g/mol. The average molecular weight is 481 g/mol. The Kier molecular flexibility index (Phi) is 5.13. The molecule has 7 heteroatoms. The molecule has 0 saturated carbocycles. The van der Waals surface area contributed by atoms with Crippen LogP contribution in [-0.4, -0.2) is 12.4 Å². The van der Waals surface area contributed by atoms with Crippen LogP contribution in [0.1, 0.15) is 18.4 Å². The minimum atomic E-state index is -0.356. The van der Waals surface area contributed by atoms with E-state index in [9.17, 15) is 10.7 Å². The predicted octanol–water partition coefficient (Wildman–Crippen LogP) is 6.94. The molecule has 0 fully saturated rings. The van der Waals surface area contributed by atoms with Crippen molar-refractivity contribution in [2.24, 2.45) is 0 Å². The molecule has 3 aromatic carbocycles. The van der Waals surface area contributed by atoms with Gasteiger partial charge in [-0.15, -0.1) is 0 Å². The van der Waals surface area contributed by atoms with E-state index < -0.39 is 0 Å². The Bertz CT molecular complexity index is 1410. The highest BCUT2D eigenvalue weighted by molar-refractivity contribution is 8.04. The third-order valence-corrected chi connectivity index (χ3v) is 8.30. The lowest BCUT2D eigenvalue weighted by Gasteiger charge is -2.35. The number of amidine groups is 1. The number of hydrogen-bond donors (Lipinski definition) is 2. The summed E-state index contributed by atoms with van der Waals surface area (Å²) >= 11 is 3.19. The molecule has 0 saturated heterocycles. The van der Waals surface area contributed by atoms with Crippen molar-refractivity contribution in [2.75, 3.05) is 16.8 Å². The molecule has 2 N–H and O–H groups in total. The number of benzene rings is 3. The van der Waals surface area contributed by atoms with Crippen molar-refractivity contribution in [1.82, 2.24) is 0 Å². The van der Waals surface area contributed by atoms with Crippen molar-refractivity contribution in [1.29, 1.82) is 10.7 Å². The minimum Gasteiger partial charge on any atom is -0.494 e. The number of rotatable bonds is 3. The second-order valence-corrected chi connectivity index (χ2v) is 10.1. The molecule has 0 radical (unpaired) electrons. The van der Waals surface area contributed by atoms with Gasteiger partial charge in [-0.3, -0.25) is 10.3 Å². The molecule has 6 rings (SSSR count). The second kappa shape index (κ2) is 8.32. The molecule has 3 aliphatic heterocycles. The smallest absolute Gasteiger partial charge is 0.137 e. The quantitative estimate of drug-likeness (QED) is 0.423. The molecule has 3 aliphatic rings. The number of nitrogens with one attached hydrogen (secondary N) is 2. The van der Waals surface area contributed by atoms with E-state index >= 15 is 0 Å². The van der Waals surface area contributed by atoms with Crippen LogP contribution in [0.3, 0.4) is 0 Å². The molecule has 166 valence electrons. The van der Waals surface area contributed by atoms with E-state index in [1.807, 2.05) is 78.6 Å². The molecule has 0 aliphatic carbocycles.